The smallest absolute Gasteiger partial charge is 0.0506 e. The minimum absolute atomic E-state index is 0.00444. The van der Waals surface area contributed by atoms with E-state index >= 15 is 0 Å². The lowest BCUT2D eigenvalue weighted by Crippen LogP contribution is -2.36. The van der Waals surface area contributed by atoms with Crippen molar-refractivity contribution in [2.75, 3.05) is 32.9 Å². The van der Waals surface area contributed by atoms with Gasteiger partial charge in [-0.2, -0.15) is 0 Å². The van der Waals surface area contributed by atoms with Gasteiger partial charge in [0, 0.05) is 31.7 Å². The first-order chi connectivity index (χ1) is 6.64. The first-order valence-corrected chi connectivity index (χ1v) is 5.53. The highest BCUT2D eigenvalue weighted by Gasteiger charge is 2.18. The van der Waals surface area contributed by atoms with Crippen LogP contribution in [0.2, 0.25) is 0 Å². The summed E-state index contributed by atoms with van der Waals surface area (Å²) in [5, 5.41) is 12.5. The number of aliphatic hydroxyl groups excluding tert-OH is 1. The molecule has 0 amide bonds. The number of hydrogen-bond donors (Lipinski definition) is 2. The molecule has 0 spiro atoms. The number of aliphatic hydroxyl groups is 1. The molecule has 1 fully saturated rings. The Balaban J connectivity index is 2.08. The third kappa shape index (κ3) is 4.40. The molecule has 3 nitrogen and oxygen atoms in total. The molecule has 0 aromatic carbocycles. The zero-order valence-corrected chi connectivity index (χ0v) is 9.38. The van der Waals surface area contributed by atoms with Crippen LogP contribution in [0.1, 0.15) is 26.7 Å². The lowest BCUT2D eigenvalue weighted by Gasteiger charge is -2.26. The highest BCUT2D eigenvalue weighted by atomic mass is 16.5. The number of hydrogen-bond acceptors (Lipinski definition) is 3. The second kappa shape index (κ2) is 5.69. The van der Waals surface area contributed by atoms with Crippen molar-refractivity contribution in [3.05, 3.63) is 0 Å². The van der Waals surface area contributed by atoms with Crippen LogP contribution in [-0.2, 0) is 4.74 Å². The van der Waals surface area contributed by atoms with E-state index in [0.717, 1.165) is 26.3 Å². The summed E-state index contributed by atoms with van der Waals surface area (Å²) in [5.41, 5.74) is -0.00444. The Labute approximate surface area is 86.8 Å². The quantitative estimate of drug-likeness (QED) is 0.698. The van der Waals surface area contributed by atoms with Gasteiger partial charge < -0.3 is 15.2 Å². The van der Waals surface area contributed by atoms with E-state index in [1.807, 2.05) is 0 Å². The van der Waals surface area contributed by atoms with E-state index in [1.165, 1.54) is 12.8 Å². The van der Waals surface area contributed by atoms with E-state index in [-0.39, 0.29) is 12.0 Å². The van der Waals surface area contributed by atoms with Gasteiger partial charge in [0.15, 0.2) is 0 Å². The van der Waals surface area contributed by atoms with Crippen molar-refractivity contribution < 1.29 is 9.84 Å². The van der Waals surface area contributed by atoms with Crippen LogP contribution in [-0.4, -0.2) is 38.0 Å². The van der Waals surface area contributed by atoms with Crippen molar-refractivity contribution in [2.24, 2.45) is 11.3 Å². The Morgan fingerprint density at radius 1 is 1.50 bits per heavy atom. The summed E-state index contributed by atoms with van der Waals surface area (Å²) in [6, 6.07) is 0. The molecule has 84 valence electrons. The fourth-order valence-corrected chi connectivity index (χ4v) is 1.64. The van der Waals surface area contributed by atoms with Crippen LogP contribution in [0.3, 0.4) is 0 Å². The van der Waals surface area contributed by atoms with E-state index in [2.05, 4.69) is 19.2 Å². The highest BCUT2D eigenvalue weighted by Crippen LogP contribution is 2.14. The Morgan fingerprint density at radius 2 is 2.29 bits per heavy atom. The molecule has 1 aliphatic rings. The first kappa shape index (κ1) is 12.0. The monoisotopic (exact) mass is 201 g/mol. The standard InChI is InChI=1S/C11H23NO2/c1-11(2,9-13)8-12-6-10-4-3-5-14-7-10/h10,12-13H,3-9H2,1-2H3. The Bertz CT molecular complexity index is 153. The van der Waals surface area contributed by atoms with Crippen molar-refractivity contribution in [3.8, 4) is 0 Å². The fraction of sp³-hybridized carbons (Fsp3) is 1.00. The summed E-state index contributed by atoms with van der Waals surface area (Å²) in [7, 11) is 0. The van der Waals surface area contributed by atoms with Gasteiger partial charge in [-0.05, 0) is 18.8 Å². The molecule has 0 bridgehead atoms. The molecule has 1 aliphatic heterocycles. The molecular formula is C11H23NO2. The molecule has 0 aliphatic carbocycles. The fourth-order valence-electron chi connectivity index (χ4n) is 1.64. The van der Waals surface area contributed by atoms with Crippen LogP contribution < -0.4 is 5.32 Å². The van der Waals surface area contributed by atoms with Crippen molar-refractivity contribution in [2.45, 2.75) is 26.7 Å². The summed E-state index contributed by atoms with van der Waals surface area (Å²) >= 11 is 0. The minimum atomic E-state index is -0.00444. The number of nitrogens with one attached hydrogen (secondary N) is 1. The zero-order chi connectivity index (χ0) is 10.4. The molecule has 1 rings (SSSR count). The Morgan fingerprint density at radius 3 is 2.86 bits per heavy atom. The van der Waals surface area contributed by atoms with E-state index in [1.54, 1.807) is 0 Å². The molecule has 0 radical (unpaired) electrons. The third-order valence-corrected chi connectivity index (χ3v) is 2.72. The molecule has 0 saturated carbocycles. The average Bonchev–Trinajstić information content (AvgIpc) is 2.19. The predicted molar refractivity (Wildman–Crippen MR) is 57.3 cm³/mol. The van der Waals surface area contributed by atoms with Gasteiger partial charge in [0.05, 0.1) is 6.61 Å². The molecule has 1 saturated heterocycles. The summed E-state index contributed by atoms with van der Waals surface area (Å²) in [5.74, 6) is 0.665. The maximum atomic E-state index is 9.07. The van der Waals surface area contributed by atoms with Crippen LogP contribution in [0.4, 0.5) is 0 Å². The minimum Gasteiger partial charge on any atom is -0.396 e. The van der Waals surface area contributed by atoms with Crippen LogP contribution >= 0.6 is 0 Å². The molecule has 1 atom stereocenters. The molecule has 2 N–H and O–H groups in total. The molecule has 3 heteroatoms. The average molecular weight is 201 g/mol. The Hall–Kier alpha value is -0.120. The van der Waals surface area contributed by atoms with Gasteiger partial charge in [-0.15, -0.1) is 0 Å². The molecule has 14 heavy (non-hydrogen) atoms. The maximum absolute atomic E-state index is 9.07. The summed E-state index contributed by atoms with van der Waals surface area (Å²) in [4.78, 5) is 0. The van der Waals surface area contributed by atoms with Crippen molar-refractivity contribution in [1.29, 1.82) is 0 Å². The van der Waals surface area contributed by atoms with E-state index in [9.17, 15) is 0 Å². The predicted octanol–water partition coefficient (Wildman–Crippen LogP) is 1.02. The second-order valence-corrected chi connectivity index (χ2v) is 5.04. The SMILES string of the molecule is CC(C)(CO)CNCC1CCCOC1. The normalized spacial score (nSPS) is 23.8. The van der Waals surface area contributed by atoms with Gasteiger partial charge in [-0.25, -0.2) is 0 Å². The van der Waals surface area contributed by atoms with E-state index in [0.29, 0.717) is 5.92 Å². The maximum Gasteiger partial charge on any atom is 0.0506 e. The third-order valence-electron chi connectivity index (χ3n) is 2.72. The van der Waals surface area contributed by atoms with Gasteiger partial charge in [0.2, 0.25) is 0 Å². The van der Waals surface area contributed by atoms with Crippen LogP contribution in [0, 0.1) is 11.3 Å². The summed E-state index contributed by atoms with van der Waals surface area (Å²) in [6.45, 7) is 8.09. The topological polar surface area (TPSA) is 41.5 Å². The van der Waals surface area contributed by atoms with Gasteiger partial charge in [-0.3, -0.25) is 0 Å². The highest BCUT2D eigenvalue weighted by molar-refractivity contribution is 4.72. The molecule has 0 aromatic rings. The van der Waals surface area contributed by atoms with Crippen LogP contribution in [0.15, 0.2) is 0 Å². The number of rotatable bonds is 5. The largest absolute Gasteiger partial charge is 0.396 e. The molecule has 0 aromatic heterocycles. The van der Waals surface area contributed by atoms with Crippen molar-refractivity contribution in [1.82, 2.24) is 5.32 Å². The lowest BCUT2D eigenvalue weighted by atomic mass is 9.94. The molecular weight excluding hydrogens is 178 g/mol. The molecule has 1 heterocycles. The second-order valence-electron chi connectivity index (χ2n) is 5.04. The number of ether oxygens (including phenoxy) is 1. The first-order valence-electron chi connectivity index (χ1n) is 5.53. The van der Waals surface area contributed by atoms with Crippen LogP contribution in [0.25, 0.3) is 0 Å². The summed E-state index contributed by atoms with van der Waals surface area (Å²) in [6.07, 6.45) is 2.46. The Kier molecular flexibility index (Phi) is 4.85. The van der Waals surface area contributed by atoms with Gasteiger partial charge in [0.25, 0.3) is 0 Å². The summed E-state index contributed by atoms with van der Waals surface area (Å²) < 4.78 is 5.40. The van der Waals surface area contributed by atoms with Gasteiger partial charge >= 0.3 is 0 Å². The van der Waals surface area contributed by atoms with Crippen LogP contribution in [0.5, 0.6) is 0 Å². The lowest BCUT2D eigenvalue weighted by molar-refractivity contribution is 0.0530. The molecule has 1 unspecified atom stereocenters. The van der Waals surface area contributed by atoms with Gasteiger partial charge in [-0.1, -0.05) is 13.8 Å². The van der Waals surface area contributed by atoms with E-state index in [4.69, 9.17) is 9.84 Å². The zero-order valence-electron chi connectivity index (χ0n) is 9.38. The van der Waals surface area contributed by atoms with Gasteiger partial charge in [0.1, 0.15) is 0 Å². The van der Waals surface area contributed by atoms with Crippen molar-refractivity contribution >= 4 is 0 Å². The van der Waals surface area contributed by atoms with Crippen molar-refractivity contribution in [3.63, 3.8) is 0 Å². The van der Waals surface area contributed by atoms with E-state index < -0.39 is 0 Å².